The van der Waals surface area contributed by atoms with Crippen molar-refractivity contribution in [2.45, 2.75) is 19.9 Å². The lowest BCUT2D eigenvalue weighted by Gasteiger charge is -2.35. The number of H-pyrrole nitrogens is 1. The zero-order valence-corrected chi connectivity index (χ0v) is 10.7. The molecule has 2 aromatic rings. The quantitative estimate of drug-likeness (QED) is 0.881. The molecule has 0 bridgehead atoms. The molecule has 94 valence electrons. The maximum atomic E-state index is 5.88. The molecule has 0 atom stereocenters. The van der Waals surface area contributed by atoms with E-state index in [2.05, 4.69) is 47.1 Å². The first-order valence-corrected chi connectivity index (χ1v) is 6.29. The van der Waals surface area contributed by atoms with Crippen LogP contribution >= 0.6 is 0 Å². The van der Waals surface area contributed by atoms with Crippen LogP contribution in [-0.4, -0.2) is 29.4 Å². The molecular formula is C14H17N3O. The van der Waals surface area contributed by atoms with Crippen molar-refractivity contribution in [3.8, 4) is 16.9 Å². The van der Waals surface area contributed by atoms with E-state index in [1.807, 2.05) is 12.4 Å². The highest BCUT2D eigenvalue weighted by molar-refractivity contribution is 5.78. The van der Waals surface area contributed by atoms with E-state index in [4.69, 9.17) is 4.74 Å². The van der Waals surface area contributed by atoms with Gasteiger partial charge in [0.2, 0.25) is 0 Å². The summed E-state index contributed by atoms with van der Waals surface area (Å²) in [6.07, 6.45) is 3.72. The smallest absolute Gasteiger partial charge is 0.150 e. The van der Waals surface area contributed by atoms with Gasteiger partial charge < -0.3 is 9.64 Å². The number of aromatic amines is 1. The summed E-state index contributed by atoms with van der Waals surface area (Å²) in [5.74, 6) is 0.971. The van der Waals surface area contributed by atoms with E-state index in [9.17, 15) is 0 Å². The van der Waals surface area contributed by atoms with Gasteiger partial charge in [-0.25, -0.2) is 0 Å². The minimum atomic E-state index is 0.479. The molecule has 1 aromatic heterocycles. The van der Waals surface area contributed by atoms with Crippen molar-refractivity contribution in [1.82, 2.24) is 10.2 Å². The first-order valence-electron chi connectivity index (χ1n) is 6.29. The summed E-state index contributed by atoms with van der Waals surface area (Å²) in [7, 11) is 0. The van der Waals surface area contributed by atoms with E-state index in [1.165, 1.54) is 5.69 Å². The Morgan fingerprint density at radius 2 is 2.28 bits per heavy atom. The lowest BCUT2D eigenvalue weighted by atomic mass is 10.0. The van der Waals surface area contributed by atoms with E-state index in [-0.39, 0.29) is 0 Å². The van der Waals surface area contributed by atoms with E-state index >= 15 is 0 Å². The Labute approximate surface area is 107 Å². The number of rotatable bonds is 2. The number of aromatic nitrogens is 2. The number of hydrogen-bond donors (Lipinski definition) is 1. The number of nitrogens with one attached hydrogen (secondary N) is 1. The fraction of sp³-hybridized carbons (Fsp3) is 0.357. The Balaban J connectivity index is 2.11. The number of nitrogens with zero attached hydrogens (tertiary/aromatic N) is 2. The third-order valence-corrected chi connectivity index (χ3v) is 3.31. The Bertz CT molecular complexity index is 534. The van der Waals surface area contributed by atoms with E-state index < -0.39 is 0 Å². The van der Waals surface area contributed by atoms with Crippen molar-refractivity contribution < 1.29 is 4.74 Å². The number of benzene rings is 1. The minimum Gasteiger partial charge on any atom is -0.489 e. The molecule has 4 heteroatoms. The Morgan fingerprint density at radius 1 is 1.39 bits per heavy atom. The third-order valence-electron chi connectivity index (χ3n) is 3.31. The second-order valence-corrected chi connectivity index (χ2v) is 4.78. The molecule has 0 fully saturated rings. The van der Waals surface area contributed by atoms with Gasteiger partial charge in [-0.1, -0.05) is 12.1 Å². The maximum Gasteiger partial charge on any atom is 0.150 e. The molecule has 1 N–H and O–H groups in total. The van der Waals surface area contributed by atoms with Crippen LogP contribution in [0.25, 0.3) is 11.1 Å². The molecule has 0 spiro atoms. The largest absolute Gasteiger partial charge is 0.489 e. The summed E-state index contributed by atoms with van der Waals surface area (Å²) in [6, 6.07) is 6.75. The summed E-state index contributed by atoms with van der Waals surface area (Å²) in [6.45, 7) is 6.10. The highest BCUT2D eigenvalue weighted by atomic mass is 16.5. The lowest BCUT2D eigenvalue weighted by molar-refractivity contribution is 0.304. The minimum absolute atomic E-state index is 0.479. The van der Waals surface area contributed by atoms with Crippen LogP contribution in [0.5, 0.6) is 5.75 Å². The second-order valence-electron chi connectivity index (χ2n) is 4.78. The van der Waals surface area contributed by atoms with Gasteiger partial charge in [0.15, 0.2) is 5.75 Å². The second kappa shape index (κ2) is 4.37. The van der Waals surface area contributed by atoms with Crippen LogP contribution < -0.4 is 9.64 Å². The topological polar surface area (TPSA) is 41.1 Å². The first-order chi connectivity index (χ1) is 8.77. The predicted octanol–water partition coefficient (Wildman–Crippen LogP) is 2.68. The van der Waals surface area contributed by atoms with E-state index in [1.54, 1.807) is 0 Å². The van der Waals surface area contributed by atoms with Gasteiger partial charge in [0.1, 0.15) is 6.61 Å². The maximum absolute atomic E-state index is 5.88. The fourth-order valence-electron chi connectivity index (χ4n) is 2.43. The van der Waals surface area contributed by atoms with Crippen LogP contribution in [0, 0.1) is 0 Å². The fourth-order valence-corrected chi connectivity index (χ4v) is 2.43. The van der Waals surface area contributed by atoms with Crippen molar-refractivity contribution in [3.63, 3.8) is 0 Å². The predicted molar refractivity (Wildman–Crippen MR) is 72.0 cm³/mol. The standard InChI is InChI=1S/C14H17N3O/c1-10(2)17-6-7-18-14-12(4-3-5-13(14)17)11-8-15-16-9-11/h3-5,8-10H,6-7H2,1-2H3,(H,15,16). The molecule has 0 aliphatic carbocycles. The highest BCUT2D eigenvalue weighted by Crippen LogP contribution is 2.40. The molecule has 2 heterocycles. The Hall–Kier alpha value is -1.97. The van der Waals surface area contributed by atoms with Crippen molar-refractivity contribution in [1.29, 1.82) is 0 Å². The van der Waals surface area contributed by atoms with Crippen LogP contribution in [-0.2, 0) is 0 Å². The van der Waals surface area contributed by atoms with E-state index in [0.717, 1.165) is 30.0 Å². The van der Waals surface area contributed by atoms with Crippen molar-refractivity contribution >= 4 is 5.69 Å². The van der Waals surface area contributed by atoms with Crippen molar-refractivity contribution in [3.05, 3.63) is 30.6 Å². The summed E-state index contributed by atoms with van der Waals surface area (Å²) in [4.78, 5) is 2.38. The average Bonchev–Trinajstić information content (AvgIpc) is 2.91. The molecule has 4 nitrogen and oxygen atoms in total. The summed E-state index contributed by atoms with van der Waals surface area (Å²) < 4.78 is 5.88. The molecule has 1 aliphatic heterocycles. The molecule has 0 amide bonds. The Kier molecular flexibility index (Phi) is 2.70. The summed E-state index contributed by atoms with van der Waals surface area (Å²) in [5.41, 5.74) is 3.35. The SMILES string of the molecule is CC(C)N1CCOc2c(-c3cn[nH]c3)cccc21. The number of ether oxygens (including phenoxy) is 1. The molecule has 0 saturated carbocycles. The summed E-state index contributed by atoms with van der Waals surface area (Å²) >= 11 is 0. The van der Waals surface area contributed by atoms with Gasteiger partial charge >= 0.3 is 0 Å². The molecule has 18 heavy (non-hydrogen) atoms. The van der Waals surface area contributed by atoms with Crippen LogP contribution in [0.15, 0.2) is 30.6 Å². The molecule has 0 saturated heterocycles. The van der Waals surface area contributed by atoms with Gasteiger partial charge in [0.05, 0.1) is 18.4 Å². The monoisotopic (exact) mass is 243 g/mol. The van der Waals surface area contributed by atoms with Gasteiger partial charge in [-0.3, -0.25) is 5.10 Å². The third kappa shape index (κ3) is 1.74. The zero-order chi connectivity index (χ0) is 12.5. The van der Waals surface area contributed by atoms with Gasteiger partial charge in [-0.05, 0) is 19.9 Å². The molecule has 3 rings (SSSR count). The molecule has 0 unspecified atom stereocenters. The molecule has 0 radical (unpaired) electrons. The van der Waals surface area contributed by atoms with Gasteiger partial charge in [0.25, 0.3) is 0 Å². The first kappa shape index (κ1) is 11.1. The van der Waals surface area contributed by atoms with Crippen molar-refractivity contribution in [2.24, 2.45) is 0 Å². The van der Waals surface area contributed by atoms with Crippen LogP contribution in [0.2, 0.25) is 0 Å². The molecule has 1 aliphatic rings. The van der Waals surface area contributed by atoms with Crippen LogP contribution in [0.4, 0.5) is 5.69 Å². The van der Waals surface area contributed by atoms with Crippen LogP contribution in [0.1, 0.15) is 13.8 Å². The Morgan fingerprint density at radius 3 is 3.00 bits per heavy atom. The summed E-state index contributed by atoms with van der Waals surface area (Å²) in [5, 5.41) is 6.86. The molecular weight excluding hydrogens is 226 g/mol. The number of fused-ring (bicyclic) bond motifs is 1. The van der Waals surface area contributed by atoms with Gasteiger partial charge in [0, 0.05) is 23.4 Å². The van der Waals surface area contributed by atoms with Gasteiger partial charge in [-0.2, -0.15) is 5.10 Å². The normalized spacial score (nSPS) is 14.5. The van der Waals surface area contributed by atoms with Gasteiger partial charge in [-0.15, -0.1) is 0 Å². The number of anilines is 1. The van der Waals surface area contributed by atoms with Crippen LogP contribution in [0.3, 0.4) is 0 Å². The zero-order valence-electron chi connectivity index (χ0n) is 10.7. The lowest BCUT2D eigenvalue weighted by Crippen LogP contribution is -2.38. The number of para-hydroxylation sites is 1. The van der Waals surface area contributed by atoms with E-state index in [0.29, 0.717) is 6.04 Å². The van der Waals surface area contributed by atoms with Crippen molar-refractivity contribution in [2.75, 3.05) is 18.1 Å². The average molecular weight is 243 g/mol. The molecule has 1 aromatic carbocycles. The highest BCUT2D eigenvalue weighted by Gasteiger charge is 2.23. The number of hydrogen-bond acceptors (Lipinski definition) is 3.